The molecule has 2 heterocycles. The van der Waals surface area contributed by atoms with E-state index in [1.807, 2.05) is 23.6 Å². The van der Waals surface area contributed by atoms with Crippen molar-refractivity contribution < 1.29 is 13.2 Å². The van der Waals surface area contributed by atoms with Gasteiger partial charge in [0.15, 0.2) is 0 Å². The normalized spacial score (nSPS) is 15.5. The lowest BCUT2D eigenvalue weighted by Crippen LogP contribution is -2.40. The molecule has 7 nitrogen and oxygen atoms in total. The number of aromatic nitrogens is 1. The molecule has 1 aliphatic heterocycles. The average Bonchev–Trinajstić information content (AvgIpc) is 3.23. The number of hydrazone groups is 1. The summed E-state index contributed by atoms with van der Waals surface area (Å²) in [5, 5.41) is 7.35. The van der Waals surface area contributed by atoms with Crippen LogP contribution in [0.3, 0.4) is 0 Å². The Bertz CT molecular complexity index is 1140. The van der Waals surface area contributed by atoms with E-state index in [4.69, 9.17) is 16.3 Å². The van der Waals surface area contributed by atoms with Gasteiger partial charge in [-0.1, -0.05) is 35.9 Å². The van der Waals surface area contributed by atoms with E-state index in [1.165, 1.54) is 15.6 Å². The van der Waals surface area contributed by atoms with Gasteiger partial charge in [-0.2, -0.15) is 9.41 Å². The van der Waals surface area contributed by atoms with Crippen molar-refractivity contribution in [1.29, 1.82) is 0 Å². The summed E-state index contributed by atoms with van der Waals surface area (Å²) in [5.74, 6) is 0. The molecule has 0 bridgehead atoms. The number of hydrogen-bond donors (Lipinski definition) is 1. The van der Waals surface area contributed by atoms with Crippen molar-refractivity contribution in [2.45, 2.75) is 4.90 Å². The fraction of sp³-hybridized carbons (Fsp3) is 0.200. The molecule has 0 atom stereocenters. The Morgan fingerprint density at radius 1 is 1.17 bits per heavy atom. The summed E-state index contributed by atoms with van der Waals surface area (Å²) < 4.78 is 32.1. The van der Waals surface area contributed by atoms with Crippen molar-refractivity contribution in [3.63, 3.8) is 0 Å². The summed E-state index contributed by atoms with van der Waals surface area (Å²) >= 11 is 7.37. The lowest BCUT2D eigenvalue weighted by Gasteiger charge is -2.26. The summed E-state index contributed by atoms with van der Waals surface area (Å²) in [4.78, 5) is 4.77. The van der Waals surface area contributed by atoms with Crippen molar-refractivity contribution >= 4 is 44.3 Å². The fourth-order valence-electron chi connectivity index (χ4n) is 2.94. The number of ether oxygens (including phenoxy) is 1. The van der Waals surface area contributed by atoms with Crippen LogP contribution >= 0.6 is 22.9 Å². The van der Waals surface area contributed by atoms with E-state index >= 15 is 0 Å². The van der Waals surface area contributed by atoms with Gasteiger partial charge in [0.25, 0.3) is 0 Å². The second kappa shape index (κ2) is 9.23. The van der Waals surface area contributed by atoms with Crippen LogP contribution in [0, 0.1) is 0 Å². The van der Waals surface area contributed by atoms with Crippen LogP contribution in [0.2, 0.25) is 5.02 Å². The topological polar surface area (TPSA) is 83.9 Å². The van der Waals surface area contributed by atoms with Crippen LogP contribution in [0.15, 0.2) is 63.9 Å². The minimum absolute atomic E-state index is 0.271. The minimum Gasteiger partial charge on any atom is -0.379 e. The van der Waals surface area contributed by atoms with Crippen LogP contribution in [0.5, 0.6) is 0 Å². The second-order valence-electron chi connectivity index (χ2n) is 6.50. The highest BCUT2D eigenvalue weighted by molar-refractivity contribution is 7.89. The summed E-state index contributed by atoms with van der Waals surface area (Å²) in [5.41, 5.74) is 5.36. The molecule has 3 aromatic rings. The number of benzene rings is 2. The van der Waals surface area contributed by atoms with Crippen LogP contribution in [-0.4, -0.2) is 50.2 Å². The SMILES string of the molecule is O=S(=O)(c1ccc(-c2csc(NN=Cc3cccc(Cl)c3)n2)cc1)N1CCOCC1. The number of nitrogens with one attached hydrogen (secondary N) is 1. The summed E-state index contributed by atoms with van der Waals surface area (Å²) in [7, 11) is -3.50. The summed E-state index contributed by atoms with van der Waals surface area (Å²) in [6.45, 7) is 1.60. The van der Waals surface area contributed by atoms with E-state index in [0.29, 0.717) is 36.5 Å². The van der Waals surface area contributed by atoms with Crippen LogP contribution in [0.25, 0.3) is 11.3 Å². The third kappa shape index (κ3) is 4.88. The van der Waals surface area contributed by atoms with E-state index in [-0.39, 0.29) is 4.90 Å². The monoisotopic (exact) mass is 462 g/mol. The van der Waals surface area contributed by atoms with Crippen molar-refractivity contribution in [3.05, 3.63) is 64.5 Å². The van der Waals surface area contributed by atoms with Crippen molar-refractivity contribution in [3.8, 4) is 11.3 Å². The maximum atomic E-state index is 12.7. The van der Waals surface area contributed by atoms with E-state index < -0.39 is 10.0 Å². The summed E-state index contributed by atoms with van der Waals surface area (Å²) in [6.07, 6.45) is 1.66. The van der Waals surface area contributed by atoms with Crippen molar-refractivity contribution in [2.24, 2.45) is 5.10 Å². The van der Waals surface area contributed by atoms with E-state index in [9.17, 15) is 8.42 Å². The van der Waals surface area contributed by atoms with E-state index in [0.717, 1.165) is 16.8 Å². The molecule has 0 amide bonds. The Labute approximate surface area is 184 Å². The number of nitrogens with zero attached hydrogens (tertiary/aromatic N) is 3. The van der Waals surface area contributed by atoms with E-state index in [1.54, 1.807) is 36.5 Å². The van der Waals surface area contributed by atoms with Gasteiger partial charge in [0.2, 0.25) is 15.2 Å². The standard InChI is InChI=1S/C20H19ClN4O3S2/c21-17-3-1-2-15(12-17)13-22-24-20-23-19(14-29-20)16-4-6-18(7-5-16)30(26,27)25-8-10-28-11-9-25/h1-7,12-14H,8-11H2,(H,23,24). The predicted molar refractivity (Wildman–Crippen MR) is 120 cm³/mol. The molecule has 0 radical (unpaired) electrons. The van der Waals surface area contributed by atoms with Crippen molar-refractivity contribution in [2.75, 3.05) is 31.7 Å². The van der Waals surface area contributed by atoms with Gasteiger partial charge in [0.1, 0.15) is 0 Å². The Balaban J connectivity index is 1.43. The average molecular weight is 463 g/mol. The molecule has 1 N–H and O–H groups in total. The number of rotatable bonds is 6. The van der Waals surface area contributed by atoms with Crippen LogP contribution in [-0.2, 0) is 14.8 Å². The molecule has 1 saturated heterocycles. The largest absolute Gasteiger partial charge is 0.379 e. The zero-order valence-electron chi connectivity index (χ0n) is 15.9. The predicted octanol–water partition coefficient (Wildman–Crippen LogP) is 3.93. The second-order valence-corrected chi connectivity index (χ2v) is 9.74. The van der Waals surface area contributed by atoms with Gasteiger partial charge < -0.3 is 4.74 Å². The molecule has 1 aromatic heterocycles. The van der Waals surface area contributed by atoms with E-state index in [2.05, 4.69) is 15.5 Å². The van der Waals surface area contributed by atoms with Gasteiger partial charge in [0.05, 0.1) is 30.0 Å². The zero-order chi connectivity index (χ0) is 21.0. The highest BCUT2D eigenvalue weighted by atomic mass is 35.5. The fourth-order valence-corrected chi connectivity index (χ4v) is 5.22. The molecule has 156 valence electrons. The van der Waals surface area contributed by atoms with Gasteiger partial charge >= 0.3 is 0 Å². The number of anilines is 1. The molecule has 1 fully saturated rings. The molecule has 2 aromatic carbocycles. The Kier molecular flexibility index (Phi) is 6.45. The Morgan fingerprint density at radius 2 is 1.93 bits per heavy atom. The lowest BCUT2D eigenvalue weighted by molar-refractivity contribution is 0.0730. The lowest BCUT2D eigenvalue weighted by atomic mass is 10.2. The molecule has 0 spiro atoms. The third-order valence-corrected chi connectivity index (χ3v) is 7.38. The Hall–Kier alpha value is -2.30. The van der Waals surface area contributed by atoms with Gasteiger partial charge in [-0.05, 0) is 29.8 Å². The molecule has 10 heteroatoms. The maximum Gasteiger partial charge on any atom is 0.243 e. The molecule has 4 rings (SSSR count). The van der Waals surface area contributed by atoms with Gasteiger partial charge in [-0.25, -0.2) is 13.4 Å². The number of halogens is 1. The van der Waals surface area contributed by atoms with Crippen LogP contribution in [0.4, 0.5) is 5.13 Å². The molecule has 0 aliphatic carbocycles. The van der Waals surface area contributed by atoms with Gasteiger partial charge in [-0.3, -0.25) is 5.43 Å². The number of hydrogen-bond acceptors (Lipinski definition) is 7. The first kappa shape index (κ1) is 21.0. The first-order chi connectivity index (χ1) is 14.5. The number of sulfonamides is 1. The van der Waals surface area contributed by atoms with Crippen LogP contribution < -0.4 is 5.43 Å². The molecule has 0 saturated carbocycles. The molecular formula is C20H19ClN4O3S2. The first-order valence-electron chi connectivity index (χ1n) is 9.21. The highest BCUT2D eigenvalue weighted by Crippen LogP contribution is 2.27. The minimum atomic E-state index is -3.50. The number of thiazole rings is 1. The quantitative estimate of drug-likeness (QED) is 0.443. The van der Waals surface area contributed by atoms with Crippen LogP contribution in [0.1, 0.15) is 5.56 Å². The molecule has 30 heavy (non-hydrogen) atoms. The number of morpholine rings is 1. The molecular weight excluding hydrogens is 444 g/mol. The smallest absolute Gasteiger partial charge is 0.243 e. The highest BCUT2D eigenvalue weighted by Gasteiger charge is 2.26. The molecule has 0 unspecified atom stereocenters. The maximum absolute atomic E-state index is 12.7. The zero-order valence-corrected chi connectivity index (χ0v) is 18.3. The summed E-state index contributed by atoms with van der Waals surface area (Å²) in [6, 6.07) is 14.1. The van der Waals surface area contributed by atoms with Gasteiger partial charge in [0, 0.05) is 29.1 Å². The van der Waals surface area contributed by atoms with Crippen molar-refractivity contribution in [1.82, 2.24) is 9.29 Å². The molecule has 1 aliphatic rings. The first-order valence-corrected chi connectivity index (χ1v) is 11.9. The van der Waals surface area contributed by atoms with Gasteiger partial charge in [-0.15, -0.1) is 11.3 Å². The Morgan fingerprint density at radius 3 is 2.67 bits per heavy atom. The third-order valence-electron chi connectivity index (χ3n) is 4.48.